The number of thiocarbonyl (C=S) groups is 1. The summed E-state index contributed by atoms with van der Waals surface area (Å²) in [5.41, 5.74) is 3.44. The lowest BCUT2D eigenvalue weighted by molar-refractivity contribution is 0.390. The van der Waals surface area contributed by atoms with E-state index in [0.29, 0.717) is 12.5 Å². The summed E-state index contributed by atoms with van der Waals surface area (Å²) in [7, 11) is 4.10. The molecule has 0 saturated heterocycles. The standard InChI is InChI=1S/C20H28N4S/c1-16(2)13-22-20(25)24(15-18-7-5-6-12-21-18)14-17-8-10-19(11-9-17)23(3)4/h5-12,16H,13-15H2,1-4H3,(H,22,25). The van der Waals surface area contributed by atoms with E-state index in [9.17, 15) is 0 Å². The Kier molecular flexibility index (Phi) is 7.19. The minimum Gasteiger partial charge on any atom is -0.378 e. The van der Waals surface area contributed by atoms with Crippen molar-refractivity contribution in [1.82, 2.24) is 15.2 Å². The lowest BCUT2D eigenvalue weighted by Gasteiger charge is -2.26. The summed E-state index contributed by atoms with van der Waals surface area (Å²) in [6.45, 7) is 6.68. The van der Waals surface area contributed by atoms with Crippen LogP contribution in [-0.2, 0) is 13.1 Å². The Bertz CT molecular complexity index is 653. The summed E-state index contributed by atoms with van der Waals surface area (Å²) in [6, 6.07) is 14.6. The van der Waals surface area contributed by atoms with Crippen LogP contribution in [0.1, 0.15) is 25.1 Å². The molecule has 2 rings (SSSR count). The Balaban J connectivity index is 2.11. The maximum Gasteiger partial charge on any atom is 0.169 e. The highest BCUT2D eigenvalue weighted by atomic mass is 32.1. The molecule has 0 atom stereocenters. The van der Waals surface area contributed by atoms with Crippen LogP contribution >= 0.6 is 12.2 Å². The molecule has 0 spiro atoms. The zero-order valence-corrected chi connectivity index (χ0v) is 16.4. The normalized spacial score (nSPS) is 10.6. The molecule has 0 aliphatic rings. The molecule has 1 heterocycles. The van der Waals surface area contributed by atoms with Crippen molar-refractivity contribution in [3.05, 3.63) is 59.9 Å². The van der Waals surface area contributed by atoms with E-state index in [2.05, 4.69) is 58.2 Å². The average molecular weight is 357 g/mol. The van der Waals surface area contributed by atoms with E-state index >= 15 is 0 Å². The average Bonchev–Trinajstić information content (AvgIpc) is 2.60. The number of nitrogens with one attached hydrogen (secondary N) is 1. The molecular formula is C20H28N4S. The van der Waals surface area contributed by atoms with E-state index in [1.165, 1.54) is 11.3 Å². The minimum absolute atomic E-state index is 0.550. The zero-order valence-electron chi connectivity index (χ0n) is 15.6. The number of pyridine rings is 1. The second kappa shape index (κ2) is 9.37. The van der Waals surface area contributed by atoms with E-state index in [1.54, 1.807) is 0 Å². The molecule has 134 valence electrons. The summed E-state index contributed by atoms with van der Waals surface area (Å²) in [4.78, 5) is 8.71. The van der Waals surface area contributed by atoms with E-state index in [0.717, 1.165) is 23.9 Å². The zero-order chi connectivity index (χ0) is 18.2. The summed E-state index contributed by atoms with van der Waals surface area (Å²) in [6.07, 6.45) is 1.82. The van der Waals surface area contributed by atoms with Crippen LogP contribution in [-0.4, -0.2) is 35.6 Å². The molecule has 0 unspecified atom stereocenters. The van der Waals surface area contributed by atoms with Gasteiger partial charge in [0, 0.05) is 39.1 Å². The van der Waals surface area contributed by atoms with Crippen molar-refractivity contribution in [2.75, 3.05) is 25.5 Å². The number of nitrogens with zero attached hydrogens (tertiary/aromatic N) is 3. The molecule has 1 N–H and O–H groups in total. The van der Waals surface area contributed by atoms with Gasteiger partial charge < -0.3 is 15.1 Å². The number of hydrogen-bond acceptors (Lipinski definition) is 3. The van der Waals surface area contributed by atoms with Gasteiger partial charge in [0.1, 0.15) is 0 Å². The molecule has 1 aromatic carbocycles. The summed E-state index contributed by atoms with van der Waals surface area (Å²) in [5, 5.41) is 4.15. The molecule has 1 aromatic heterocycles. The largest absolute Gasteiger partial charge is 0.378 e. The summed E-state index contributed by atoms with van der Waals surface area (Å²) >= 11 is 5.64. The van der Waals surface area contributed by atoms with Crippen LogP contribution in [0.2, 0.25) is 0 Å². The van der Waals surface area contributed by atoms with Gasteiger partial charge in [0.05, 0.1) is 12.2 Å². The predicted molar refractivity (Wildman–Crippen MR) is 110 cm³/mol. The van der Waals surface area contributed by atoms with Crippen molar-refractivity contribution in [3.63, 3.8) is 0 Å². The highest BCUT2D eigenvalue weighted by Crippen LogP contribution is 2.15. The molecule has 0 saturated carbocycles. The minimum atomic E-state index is 0.550. The Morgan fingerprint density at radius 1 is 1.08 bits per heavy atom. The van der Waals surface area contributed by atoms with Gasteiger partial charge in [0.2, 0.25) is 0 Å². The first kappa shape index (κ1) is 19.2. The van der Waals surface area contributed by atoms with Crippen LogP contribution in [0, 0.1) is 5.92 Å². The number of hydrogen-bond donors (Lipinski definition) is 1. The third-order valence-corrected chi connectivity index (χ3v) is 4.26. The molecule has 0 aliphatic carbocycles. The van der Waals surface area contributed by atoms with Gasteiger partial charge >= 0.3 is 0 Å². The molecule has 0 aliphatic heterocycles. The van der Waals surface area contributed by atoms with Gasteiger partial charge in [-0.3, -0.25) is 4.98 Å². The van der Waals surface area contributed by atoms with Crippen LogP contribution < -0.4 is 10.2 Å². The summed E-state index contributed by atoms with van der Waals surface area (Å²) in [5.74, 6) is 0.550. The smallest absolute Gasteiger partial charge is 0.169 e. The Morgan fingerprint density at radius 3 is 2.36 bits per heavy atom. The lowest BCUT2D eigenvalue weighted by atomic mass is 10.2. The molecule has 0 fully saturated rings. The maximum absolute atomic E-state index is 5.64. The van der Waals surface area contributed by atoms with Crippen molar-refractivity contribution in [3.8, 4) is 0 Å². The van der Waals surface area contributed by atoms with Crippen LogP contribution in [0.4, 0.5) is 5.69 Å². The molecule has 0 amide bonds. The molecular weight excluding hydrogens is 328 g/mol. The van der Waals surface area contributed by atoms with Gasteiger partial charge in [-0.25, -0.2) is 0 Å². The van der Waals surface area contributed by atoms with Crippen molar-refractivity contribution < 1.29 is 0 Å². The van der Waals surface area contributed by atoms with Crippen molar-refractivity contribution >= 4 is 23.0 Å². The van der Waals surface area contributed by atoms with Crippen LogP contribution in [0.3, 0.4) is 0 Å². The van der Waals surface area contributed by atoms with E-state index in [1.807, 2.05) is 38.5 Å². The van der Waals surface area contributed by atoms with Crippen molar-refractivity contribution in [1.29, 1.82) is 0 Å². The number of rotatable bonds is 7. The monoisotopic (exact) mass is 356 g/mol. The van der Waals surface area contributed by atoms with Crippen molar-refractivity contribution in [2.45, 2.75) is 26.9 Å². The molecule has 0 bridgehead atoms. The highest BCUT2D eigenvalue weighted by molar-refractivity contribution is 7.80. The van der Waals surface area contributed by atoms with Crippen molar-refractivity contribution in [2.24, 2.45) is 5.92 Å². The molecule has 4 nitrogen and oxygen atoms in total. The Morgan fingerprint density at radius 2 is 1.80 bits per heavy atom. The number of anilines is 1. The Labute approximate surface area is 156 Å². The van der Waals surface area contributed by atoms with Crippen LogP contribution in [0.15, 0.2) is 48.7 Å². The first-order valence-corrected chi connectivity index (χ1v) is 9.05. The number of benzene rings is 1. The van der Waals surface area contributed by atoms with E-state index in [-0.39, 0.29) is 0 Å². The summed E-state index contributed by atoms with van der Waals surface area (Å²) < 4.78 is 0. The van der Waals surface area contributed by atoms with Gasteiger partial charge in [-0.05, 0) is 48.0 Å². The topological polar surface area (TPSA) is 31.4 Å². The van der Waals surface area contributed by atoms with Gasteiger partial charge in [-0.15, -0.1) is 0 Å². The molecule has 0 radical (unpaired) electrons. The van der Waals surface area contributed by atoms with Gasteiger partial charge in [0.25, 0.3) is 0 Å². The van der Waals surface area contributed by atoms with E-state index in [4.69, 9.17) is 12.2 Å². The molecule has 25 heavy (non-hydrogen) atoms. The van der Waals surface area contributed by atoms with Crippen LogP contribution in [0.25, 0.3) is 0 Å². The third-order valence-electron chi connectivity index (χ3n) is 3.85. The second-order valence-electron chi connectivity index (χ2n) is 6.82. The third kappa shape index (κ3) is 6.35. The quantitative estimate of drug-likeness (QED) is 0.765. The van der Waals surface area contributed by atoms with E-state index < -0.39 is 0 Å². The van der Waals surface area contributed by atoms with Crippen LogP contribution in [0.5, 0.6) is 0 Å². The van der Waals surface area contributed by atoms with Gasteiger partial charge in [-0.2, -0.15) is 0 Å². The molecule has 2 aromatic rings. The fourth-order valence-electron chi connectivity index (χ4n) is 2.41. The first-order valence-electron chi connectivity index (χ1n) is 8.64. The maximum atomic E-state index is 5.64. The SMILES string of the molecule is CC(C)CNC(=S)N(Cc1ccc(N(C)C)cc1)Cc1ccccn1. The van der Waals surface area contributed by atoms with Gasteiger partial charge in [0.15, 0.2) is 5.11 Å². The lowest BCUT2D eigenvalue weighted by Crippen LogP contribution is -2.40. The Hall–Kier alpha value is -2.14. The highest BCUT2D eigenvalue weighted by Gasteiger charge is 2.12. The fourth-order valence-corrected chi connectivity index (χ4v) is 2.62. The predicted octanol–water partition coefficient (Wildman–Crippen LogP) is 3.68. The number of aromatic nitrogens is 1. The second-order valence-corrected chi connectivity index (χ2v) is 7.20. The molecule has 5 heteroatoms. The fraction of sp³-hybridized carbons (Fsp3) is 0.400. The van der Waals surface area contributed by atoms with Gasteiger partial charge in [-0.1, -0.05) is 32.0 Å². The first-order chi connectivity index (χ1) is 12.0.